The molecule has 8 heteroatoms. The van der Waals surface area contributed by atoms with Gasteiger partial charge in [0.25, 0.3) is 0 Å². The second-order valence-electron chi connectivity index (χ2n) is 8.59. The number of hydrogen-bond acceptors (Lipinski definition) is 3. The minimum atomic E-state index is -0.896. The molecule has 0 radical (unpaired) electrons. The molecule has 3 N–H and O–H groups in total. The zero-order chi connectivity index (χ0) is 25.5. The molecule has 0 aliphatic heterocycles. The Morgan fingerprint density at radius 3 is 2.20 bits per heavy atom. The second kappa shape index (κ2) is 11.7. The number of hydrogen-bond donors (Lipinski definition) is 3. The van der Waals surface area contributed by atoms with Crippen molar-refractivity contribution in [2.24, 2.45) is 5.92 Å². The number of aliphatic carboxylic acids is 1. The molecule has 0 fully saturated rings. The van der Waals surface area contributed by atoms with Crippen molar-refractivity contribution >= 4 is 40.9 Å². The van der Waals surface area contributed by atoms with Crippen LogP contribution in [0.4, 0.5) is 10.5 Å². The van der Waals surface area contributed by atoms with E-state index in [9.17, 15) is 14.9 Å². The van der Waals surface area contributed by atoms with E-state index in [-0.39, 0.29) is 13.0 Å². The van der Waals surface area contributed by atoms with Crippen LogP contribution in [0.1, 0.15) is 36.1 Å². The lowest BCUT2D eigenvalue weighted by atomic mass is 9.94. The molecule has 6 nitrogen and oxygen atoms in total. The molecule has 3 aromatic carbocycles. The first-order valence-corrected chi connectivity index (χ1v) is 11.8. The maximum atomic E-state index is 12.4. The highest BCUT2D eigenvalue weighted by atomic mass is 35.5. The van der Waals surface area contributed by atoms with Crippen molar-refractivity contribution in [3.05, 3.63) is 86.9 Å². The first kappa shape index (κ1) is 26.1. The van der Waals surface area contributed by atoms with Gasteiger partial charge in [0, 0.05) is 17.8 Å². The molecule has 0 spiro atoms. The predicted octanol–water partition coefficient (Wildman–Crippen LogP) is 6.68. The molecule has 2 amide bonds. The summed E-state index contributed by atoms with van der Waals surface area (Å²) in [6, 6.07) is 17.6. The van der Waals surface area contributed by atoms with E-state index >= 15 is 0 Å². The van der Waals surface area contributed by atoms with Crippen LogP contribution in [-0.4, -0.2) is 17.1 Å². The van der Waals surface area contributed by atoms with E-state index in [0.717, 1.165) is 23.1 Å². The molecule has 0 aromatic heterocycles. The summed E-state index contributed by atoms with van der Waals surface area (Å²) in [5.41, 5.74) is 4.82. The highest BCUT2D eigenvalue weighted by Crippen LogP contribution is 2.38. The standard InChI is InChI=1S/C27H25Cl2N3O3/c1-16(2)9-19-7-8-20(11-21(19)14-30)26-23(28)12-22(13-24(26)29)32-27(35)31-15-18-5-3-17(4-6-18)10-25(33)34/h3-8,11-13,16H,9-10,15H2,1-2H3,(H,33,34)(H2,31,32,35). The third kappa shape index (κ3) is 7.22. The van der Waals surface area contributed by atoms with Crippen molar-refractivity contribution in [2.45, 2.75) is 33.2 Å². The normalized spacial score (nSPS) is 10.6. The van der Waals surface area contributed by atoms with Crippen molar-refractivity contribution in [2.75, 3.05) is 5.32 Å². The largest absolute Gasteiger partial charge is 0.481 e. The summed E-state index contributed by atoms with van der Waals surface area (Å²) in [5.74, 6) is -0.472. The fourth-order valence-electron chi connectivity index (χ4n) is 3.68. The van der Waals surface area contributed by atoms with Crippen LogP contribution < -0.4 is 10.6 Å². The molecule has 0 heterocycles. The molecule has 180 valence electrons. The van der Waals surface area contributed by atoms with E-state index < -0.39 is 12.0 Å². The van der Waals surface area contributed by atoms with Crippen LogP contribution in [0, 0.1) is 17.2 Å². The number of anilines is 1. The monoisotopic (exact) mass is 509 g/mol. The first-order chi connectivity index (χ1) is 16.7. The number of carbonyl (C=O) groups excluding carboxylic acids is 1. The quantitative estimate of drug-likeness (QED) is 0.315. The van der Waals surface area contributed by atoms with Crippen LogP contribution in [0.5, 0.6) is 0 Å². The van der Waals surface area contributed by atoms with E-state index in [2.05, 4.69) is 30.6 Å². The third-order valence-electron chi connectivity index (χ3n) is 5.28. The Kier molecular flexibility index (Phi) is 8.75. The number of carboxylic acid groups (broad SMARTS) is 1. The molecule has 0 unspecified atom stereocenters. The van der Waals surface area contributed by atoms with Gasteiger partial charge in [-0.25, -0.2) is 4.79 Å². The Labute approximate surface area is 214 Å². The summed E-state index contributed by atoms with van der Waals surface area (Å²) in [6.45, 7) is 4.46. The van der Waals surface area contributed by atoms with Gasteiger partial charge in [-0.15, -0.1) is 0 Å². The van der Waals surface area contributed by atoms with Crippen LogP contribution in [-0.2, 0) is 24.2 Å². The molecule has 0 aliphatic carbocycles. The van der Waals surface area contributed by atoms with E-state index in [1.165, 1.54) is 0 Å². The minimum Gasteiger partial charge on any atom is -0.481 e. The Morgan fingerprint density at radius 1 is 1.00 bits per heavy atom. The molecule has 3 rings (SSSR count). The molecule has 35 heavy (non-hydrogen) atoms. The molecule has 0 saturated carbocycles. The van der Waals surface area contributed by atoms with Gasteiger partial charge in [0.15, 0.2) is 0 Å². The molecule has 3 aromatic rings. The van der Waals surface area contributed by atoms with Gasteiger partial charge in [-0.2, -0.15) is 5.26 Å². The zero-order valence-electron chi connectivity index (χ0n) is 19.4. The van der Waals surface area contributed by atoms with Gasteiger partial charge < -0.3 is 15.7 Å². The maximum Gasteiger partial charge on any atom is 0.319 e. The number of rotatable bonds is 8. The highest BCUT2D eigenvalue weighted by Gasteiger charge is 2.15. The van der Waals surface area contributed by atoms with Gasteiger partial charge in [0.2, 0.25) is 0 Å². The summed E-state index contributed by atoms with van der Waals surface area (Å²) in [7, 11) is 0. The lowest BCUT2D eigenvalue weighted by Crippen LogP contribution is -2.28. The summed E-state index contributed by atoms with van der Waals surface area (Å²) in [5, 5.41) is 24.6. The first-order valence-electron chi connectivity index (χ1n) is 11.0. The Bertz CT molecular complexity index is 1260. The average Bonchev–Trinajstić information content (AvgIpc) is 2.78. The van der Waals surface area contributed by atoms with E-state index in [4.69, 9.17) is 28.3 Å². The van der Waals surface area contributed by atoms with Crippen LogP contribution in [0.15, 0.2) is 54.6 Å². The Morgan fingerprint density at radius 2 is 1.63 bits per heavy atom. The summed E-state index contributed by atoms with van der Waals surface area (Å²) in [6.07, 6.45) is 0.751. The number of halogens is 2. The maximum absolute atomic E-state index is 12.4. The SMILES string of the molecule is CC(C)Cc1ccc(-c2c(Cl)cc(NC(=O)NCc3ccc(CC(=O)O)cc3)cc2Cl)cc1C#N. The van der Waals surface area contributed by atoms with E-state index in [1.807, 2.05) is 12.1 Å². The van der Waals surface area contributed by atoms with Crippen molar-refractivity contribution in [1.29, 1.82) is 5.26 Å². The minimum absolute atomic E-state index is 0.0500. The summed E-state index contributed by atoms with van der Waals surface area (Å²) in [4.78, 5) is 23.1. The second-order valence-corrected chi connectivity index (χ2v) is 9.41. The van der Waals surface area contributed by atoms with Crippen molar-refractivity contribution in [3.8, 4) is 17.2 Å². The predicted molar refractivity (Wildman–Crippen MR) is 139 cm³/mol. The number of benzene rings is 3. The third-order valence-corrected chi connectivity index (χ3v) is 5.87. The topological polar surface area (TPSA) is 102 Å². The fraction of sp³-hybridized carbons (Fsp3) is 0.222. The number of urea groups is 1. The van der Waals surface area contributed by atoms with Crippen LogP contribution in [0.2, 0.25) is 10.0 Å². The van der Waals surface area contributed by atoms with Gasteiger partial charge in [0.05, 0.1) is 28.1 Å². The van der Waals surface area contributed by atoms with Gasteiger partial charge in [0.1, 0.15) is 0 Å². The Balaban J connectivity index is 1.69. The number of nitrogens with one attached hydrogen (secondary N) is 2. The average molecular weight is 510 g/mol. The zero-order valence-corrected chi connectivity index (χ0v) is 20.9. The van der Waals surface area contributed by atoms with Gasteiger partial charge in [-0.05, 0) is 52.8 Å². The van der Waals surface area contributed by atoms with Crippen molar-refractivity contribution in [3.63, 3.8) is 0 Å². The number of amides is 2. The van der Waals surface area contributed by atoms with Crippen molar-refractivity contribution < 1.29 is 14.7 Å². The Hall–Kier alpha value is -3.53. The molecule has 0 aliphatic rings. The van der Waals surface area contributed by atoms with Gasteiger partial charge in [-0.1, -0.05) is 73.4 Å². The van der Waals surface area contributed by atoms with Crippen LogP contribution >= 0.6 is 23.2 Å². The number of carbonyl (C=O) groups is 2. The molecular formula is C27H25Cl2N3O3. The van der Waals surface area contributed by atoms with Crippen molar-refractivity contribution in [1.82, 2.24) is 5.32 Å². The molecule has 0 bridgehead atoms. The number of nitriles is 1. The van der Waals surface area contributed by atoms with Gasteiger partial charge >= 0.3 is 12.0 Å². The molecule has 0 atom stereocenters. The number of carboxylic acids is 1. The highest BCUT2D eigenvalue weighted by molar-refractivity contribution is 6.39. The molecular weight excluding hydrogens is 485 g/mol. The lowest BCUT2D eigenvalue weighted by molar-refractivity contribution is -0.136. The fourth-order valence-corrected chi connectivity index (χ4v) is 4.39. The van der Waals surface area contributed by atoms with Gasteiger partial charge in [-0.3, -0.25) is 4.79 Å². The van der Waals surface area contributed by atoms with Crippen LogP contribution in [0.25, 0.3) is 11.1 Å². The summed E-state index contributed by atoms with van der Waals surface area (Å²) >= 11 is 13.0. The summed E-state index contributed by atoms with van der Waals surface area (Å²) < 4.78 is 0. The molecule has 0 saturated heterocycles. The van der Waals surface area contributed by atoms with E-state index in [0.29, 0.717) is 38.3 Å². The van der Waals surface area contributed by atoms with Crippen LogP contribution in [0.3, 0.4) is 0 Å². The van der Waals surface area contributed by atoms with E-state index in [1.54, 1.807) is 42.5 Å². The number of nitrogens with zero attached hydrogens (tertiary/aromatic N) is 1. The lowest BCUT2D eigenvalue weighted by Gasteiger charge is -2.14. The smallest absolute Gasteiger partial charge is 0.319 e.